The van der Waals surface area contributed by atoms with Crippen LogP contribution in [-0.4, -0.2) is 16.7 Å². The monoisotopic (exact) mass is 334 g/mol. The molecule has 0 fully saturated rings. The van der Waals surface area contributed by atoms with Gasteiger partial charge in [-0.1, -0.05) is 30.2 Å². The maximum atomic E-state index is 11.7. The van der Waals surface area contributed by atoms with E-state index in [1.165, 1.54) is 12.5 Å². The SMILES string of the molecule is O=C(CCCCCC(=O)c1ncco1)NCc1ccc(Cl)cc1. The maximum Gasteiger partial charge on any atom is 0.263 e. The van der Waals surface area contributed by atoms with Gasteiger partial charge in [0.1, 0.15) is 6.26 Å². The largest absolute Gasteiger partial charge is 0.442 e. The lowest BCUT2D eigenvalue weighted by Crippen LogP contribution is -2.22. The Balaban J connectivity index is 1.54. The first-order valence-electron chi connectivity index (χ1n) is 7.59. The normalized spacial score (nSPS) is 10.5. The van der Waals surface area contributed by atoms with Crippen LogP contribution >= 0.6 is 11.6 Å². The van der Waals surface area contributed by atoms with Gasteiger partial charge < -0.3 is 9.73 Å². The molecule has 0 unspecified atom stereocenters. The molecule has 23 heavy (non-hydrogen) atoms. The molecule has 0 radical (unpaired) electrons. The molecule has 1 aromatic heterocycles. The number of hydrogen-bond donors (Lipinski definition) is 1. The van der Waals surface area contributed by atoms with E-state index in [1.807, 2.05) is 12.1 Å². The van der Waals surface area contributed by atoms with E-state index in [-0.39, 0.29) is 17.6 Å². The molecule has 2 aromatic rings. The average molecular weight is 335 g/mol. The molecule has 0 atom stereocenters. The van der Waals surface area contributed by atoms with Crippen LogP contribution in [0.4, 0.5) is 0 Å². The van der Waals surface area contributed by atoms with Crippen molar-refractivity contribution in [1.82, 2.24) is 10.3 Å². The molecule has 1 N–H and O–H groups in total. The van der Waals surface area contributed by atoms with Gasteiger partial charge in [0.2, 0.25) is 11.7 Å². The fourth-order valence-corrected chi connectivity index (χ4v) is 2.23. The zero-order valence-corrected chi connectivity index (χ0v) is 13.5. The van der Waals surface area contributed by atoms with Crippen molar-refractivity contribution in [3.8, 4) is 0 Å². The molecule has 0 bridgehead atoms. The van der Waals surface area contributed by atoms with Gasteiger partial charge in [0.05, 0.1) is 6.20 Å². The highest BCUT2D eigenvalue weighted by molar-refractivity contribution is 6.30. The Labute approximate surface area is 140 Å². The summed E-state index contributed by atoms with van der Waals surface area (Å²) in [4.78, 5) is 27.2. The second kappa shape index (κ2) is 9.10. The summed E-state index contributed by atoms with van der Waals surface area (Å²) in [6.45, 7) is 0.499. The van der Waals surface area contributed by atoms with E-state index >= 15 is 0 Å². The molecule has 1 aromatic carbocycles. The number of benzene rings is 1. The Kier molecular flexibility index (Phi) is 6.81. The van der Waals surface area contributed by atoms with Crippen molar-refractivity contribution in [2.45, 2.75) is 38.6 Å². The number of Topliss-reactive ketones (excluding diaryl/α,β-unsaturated/α-hetero) is 1. The minimum Gasteiger partial charge on any atom is -0.442 e. The molecular formula is C17H19ClN2O3. The van der Waals surface area contributed by atoms with Gasteiger partial charge >= 0.3 is 0 Å². The molecule has 0 aliphatic carbocycles. The highest BCUT2D eigenvalue weighted by atomic mass is 35.5. The lowest BCUT2D eigenvalue weighted by Gasteiger charge is -2.05. The molecule has 0 spiro atoms. The number of carbonyl (C=O) groups is 2. The van der Waals surface area contributed by atoms with Crippen LogP contribution in [0.15, 0.2) is 41.1 Å². The molecule has 0 aliphatic rings. The molecule has 6 heteroatoms. The molecule has 1 heterocycles. The number of aromatic nitrogens is 1. The van der Waals surface area contributed by atoms with Crippen molar-refractivity contribution in [3.05, 3.63) is 53.2 Å². The first-order chi connectivity index (χ1) is 11.1. The van der Waals surface area contributed by atoms with Crippen molar-refractivity contribution in [2.75, 3.05) is 0 Å². The minimum atomic E-state index is -0.0952. The van der Waals surface area contributed by atoms with Crippen molar-refractivity contribution in [1.29, 1.82) is 0 Å². The summed E-state index contributed by atoms with van der Waals surface area (Å²) in [6.07, 6.45) is 6.00. The van der Waals surface area contributed by atoms with Crippen molar-refractivity contribution in [3.63, 3.8) is 0 Å². The van der Waals surface area contributed by atoms with E-state index in [9.17, 15) is 9.59 Å². The van der Waals surface area contributed by atoms with Gasteiger partial charge in [-0.05, 0) is 30.5 Å². The standard InChI is InChI=1S/C17H19ClN2O3/c18-14-8-6-13(7-9-14)12-20-16(22)5-3-1-2-4-15(21)17-19-10-11-23-17/h6-11H,1-5,12H2,(H,20,22). The lowest BCUT2D eigenvalue weighted by atomic mass is 10.1. The fourth-order valence-electron chi connectivity index (χ4n) is 2.11. The first kappa shape index (κ1) is 17.2. The number of oxazole rings is 1. The lowest BCUT2D eigenvalue weighted by molar-refractivity contribution is -0.121. The number of halogens is 1. The van der Waals surface area contributed by atoms with Gasteiger partial charge in [-0.25, -0.2) is 4.98 Å². The first-order valence-corrected chi connectivity index (χ1v) is 7.97. The number of ketones is 1. The topological polar surface area (TPSA) is 72.2 Å². The molecule has 5 nitrogen and oxygen atoms in total. The molecule has 0 saturated heterocycles. The summed E-state index contributed by atoms with van der Waals surface area (Å²) in [6, 6.07) is 7.37. The van der Waals surface area contributed by atoms with Gasteiger partial charge in [0.25, 0.3) is 5.89 Å². The fraction of sp³-hybridized carbons (Fsp3) is 0.353. The minimum absolute atomic E-state index is 0.0129. The average Bonchev–Trinajstić information content (AvgIpc) is 3.08. The Bertz CT molecular complexity index is 624. The van der Waals surface area contributed by atoms with Crippen LogP contribution in [0.3, 0.4) is 0 Å². The van der Waals surface area contributed by atoms with Gasteiger partial charge in [0, 0.05) is 24.4 Å². The van der Waals surface area contributed by atoms with Crippen molar-refractivity contribution >= 4 is 23.3 Å². The number of unbranched alkanes of at least 4 members (excludes halogenated alkanes) is 2. The van der Waals surface area contributed by atoms with E-state index in [1.54, 1.807) is 12.1 Å². The smallest absolute Gasteiger partial charge is 0.263 e. The van der Waals surface area contributed by atoms with Crippen LogP contribution in [0.1, 0.15) is 48.4 Å². The number of carbonyl (C=O) groups excluding carboxylic acids is 2. The summed E-state index contributed by atoms with van der Waals surface area (Å²) in [7, 11) is 0. The number of nitrogens with one attached hydrogen (secondary N) is 1. The van der Waals surface area contributed by atoms with Gasteiger partial charge in [-0.3, -0.25) is 9.59 Å². The maximum absolute atomic E-state index is 11.7. The highest BCUT2D eigenvalue weighted by Crippen LogP contribution is 2.10. The molecule has 122 valence electrons. The Hall–Kier alpha value is -2.14. The van der Waals surface area contributed by atoms with E-state index in [2.05, 4.69) is 10.3 Å². The van der Waals surface area contributed by atoms with Crippen LogP contribution in [0, 0.1) is 0 Å². The summed E-state index contributed by atoms with van der Waals surface area (Å²) >= 11 is 5.81. The molecular weight excluding hydrogens is 316 g/mol. The number of hydrogen-bond acceptors (Lipinski definition) is 4. The predicted molar refractivity (Wildman–Crippen MR) is 87.2 cm³/mol. The van der Waals surface area contributed by atoms with Crippen LogP contribution in [-0.2, 0) is 11.3 Å². The highest BCUT2D eigenvalue weighted by Gasteiger charge is 2.09. The third-order valence-corrected chi connectivity index (χ3v) is 3.63. The molecule has 1 amide bonds. The van der Waals surface area contributed by atoms with E-state index in [0.29, 0.717) is 24.4 Å². The second-order valence-electron chi connectivity index (χ2n) is 5.22. The summed E-state index contributed by atoms with van der Waals surface area (Å²) in [5.74, 6) is 0.0758. The molecule has 0 aliphatic heterocycles. The summed E-state index contributed by atoms with van der Waals surface area (Å²) in [5.41, 5.74) is 1.01. The zero-order valence-electron chi connectivity index (χ0n) is 12.8. The Morgan fingerprint density at radius 2 is 1.83 bits per heavy atom. The number of amides is 1. The summed E-state index contributed by atoms with van der Waals surface area (Å²) in [5, 5.41) is 3.55. The Morgan fingerprint density at radius 3 is 2.52 bits per heavy atom. The Morgan fingerprint density at radius 1 is 1.09 bits per heavy atom. The summed E-state index contributed by atoms with van der Waals surface area (Å²) < 4.78 is 4.94. The van der Waals surface area contributed by atoms with Crippen molar-refractivity contribution in [2.24, 2.45) is 0 Å². The van der Waals surface area contributed by atoms with E-state index in [0.717, 1.165) is 24.8 Å². The molecule has 2 rings (SSSR count). The van der Waals surface area contributed by atoms with Gasteiger partial charge in [-0.15, -0.1) is 0 Å². The third kappa shape index (κ3) is 6.24. The molecule has 0 saturated carbocycles. The van der Waals surface area contributed by atoms with E-state index < -0.39 is 0 Å². The second-order valence-corrected chi connectivity index (χ2v) is 5.66. The number of rotatable bonds is 9. The van der Waals surface area contributed by atoms with E-state index in [4.69, 9.17) is 16.0 Å². The van der Waals surface area contributed by atoms with Crippen molar-refractivity contribution < 1.29 is 14.0 Å². The van der Waals surface area contributed by atoms with Gasteiger partial charge in [-0.2, -0.15) is 0 Å². The van der Waals surface area contributed by atoms with Crippen LogP contribution in [0.2, 0.25) is 5.02 Å². The van der Waals surface area contributed by atoms with Crippen LogP contribution < -0.4 is 5.32 Å². The van der Waals surface area contributed by atoms with Crippen LogP contribution in [0.25, 0.3) is 0 Å². The predicted octanol–water partition coefficient (Wildman–Crippen LogP) is 3.78. The third-order valence-electron chi connectivity index (χ3n) is 3.38. The van der Waals surface area contributed by atoms with Gasteiger partial charge in [0.15, 0.2) is 0 Å². The number of nitrogens with zero attached hydrogens (tertiary/aromatic N) is 1. The quantitative estimate of drug-likeness (QED) is 0.559. The van der Waals surface area contributed by atoms with Crippen LogP contribution in [0.5, 0.6) is 0 Å². The zero-order chi connectivity index (χ0) is 16.5.